The van der Waals surface area contributed by atoms with Gasteiger partial charge in [-0.2, -0.15) is 0 Å². The molecule has 0 spiro atoms. The van der Waals surface area contributed by atoms with Crippen LogP contribution in [-0.2, 0) is 10.2 Å². The molecule has 2 rings (SSSR count). The predicted octanol–water partition coefficient (Wildman–Crippen LogP) is 2.02. The number of amides is 1. The second kappa shape index (κ2) is 3.91. The number of nitrogens with two attached hydrogens (primary N) is 1. The molecule has 16 heavy (non-hydrogen) atoms. The monoisotopic (exact) mass is 218 g/mol. The van der Waals surface area contributed by atoms with Gasteiger partial charge in [0.25, 0.3) is 0 Å². The van der Waals surface area contributed by atoms with Gasteiger partial charge in [-0.1, -0.05) is 12.1 Å². The smallest absolute Gasteiger partial charge is 0.221 e. The highest BCUT2D eigenvalue weighted by molar-refractivity contribution is 5.88. The van der Waals surface area contributed by atoms with Crippen molar-refractivity contribution >= 4 is 11.6 Å². The second-order valence-electron chi connectivity index (χ2n) is 4.70. The van der Waals surface area contributed by atoms with E-state index in [-0.39, 0.29) is 17.4 Å². The number of nitrogens with one attached hydrogen (secondary N) is 1. The number of rotatable bonds is 3. The van der Waals surface area contributed by atoms with E-state index in [1.54, 1.807) is 0 Å². The van der Waals surface area contributed by atoms with Crippen molar-refractivity contribution in [2.24, 2.45) is 5.73 Å². The molecule has 3 nitrogen and oxygen atoms in total. The molecule has 1 fully saturated rings. The third-order valence-corrected chi connectivity index (χ3v) is 3.44. The lowest BCUT2D eigenvalue weighted by Crippen LogP contribution is -2.31. The van der Waals surface area contributed by atoms with Crippen molar-refractivity contribution in [3.8, 4) is 0 Å². The maximum atomic E-state index is 10.9. The standard InChI is InChI=1S/C13H18N2O/c1-9(14)13(7-8-13)11-3-5-12(6-4-11)15-10(2)16/h3-6,9H,7-8,14H2,1-2H3,(H,15,16). The first-order valence-corrected chi connectivity index (χ1v) is 5.68. The highest BCUT2D eigenvalue weighted by atomic mass is 16.1. The Hall–Kier alpha value is -1.35. The summed E-state index contributed by atoms with van der Waals surface area (Å²) in [5.74, 6) is -0.0407. The predicted molar refractivity (Wildman–Crippen MR) is 65.3 cm³/mol. The van der Waals surface area contributed by atoms with Crippen molar-refractivity contribution < 1.29 is 4.79 Å². The molecule has 3 heteroatoms. The molecule has 1 aliphatic rings. The van der Waals surface area contributed by atoms with E-state index >= 15 is 0 Å². The largest absolute Gasteiger partial charge is 0.327 e. The summed E-state index contributed by atoms with van der Waals surface area (Å²) < 4.78 is 0. The number of anilines is 1. The molecular weight excluding hydrogens is 200 g/mol. The van der Waals surface area contributed by atoms with E-state index in [1.165, 1.54) is 25.3 Å². The Morgan fingerprint density at radius 2 is 1.94 bits per heavy atom. The van der Waals surface area contributed by atoms with Crippen molar-refractivity contribution in [3.05, 3.63) is 29.8 Å². The fraction of sp³-hybridized carbons (Fsp3) is 0.462. The van der Waals surface area contributed by atoms with Gasteiger partial charge >= 0.3 is 0 Å². The molecule has 0 aromatic heterocycles. The summed E-state index contributed by atoms with van der Waals surface area (Å²) in [5.41, 5.74) is 8.34. The van der Waals surface area contributed by atoms with Gasteiger partial charge in [-0.25, -0.2) is 0 Å². The molecule has 1 amide bonds. The minimum atomic E-state index is -0.0407. The molecule has 0 aliphatic heterocycles. The van der Waals surface area contributed by atoms with Crippen LogP contribution in [0.25, 0.3) is 0 Å². The van der Waals surface area contributed by atoms with Crippen LogP contribution in [0, 0.1) is 0 Å². The molecule has 0 saturated heterocycles. The molecule has 0 radical (unpaired) electrons. The van der Waals surface area contributed by atoms with E-state index in [0.717, 1.165) is 5.69 Å². The number of carbonyl (C=O) groups excluding carboxylic acids is 1. The molecule has 3 N–H and O–H groups in total. The van der Waals surface area contributed by atoms with E-state index in [9.17, 15) is 4.79 Å². The molecule has 1 unspecified atom stereocenters. The summed E-state index contributed by atoms with van der Waals surface area (Å²) in [4.78, 5) is 10.9. The van der Waals surface area contributed by atoms with Crippen LogP contribution in [-0.4, -0.2) is 11.9 Å². The SMILES string of the molecule is CC(=O)Nc1ccc(C2(C(C)N)CC2)cc1. The fourth-order valence-electron chi connectivity index (χ4n) is 2.23. The van der Waals surface area contributed by atoms with Crippen molar-refractivity contribution in [2.75, 3.05) is 5.32 Å². The van der Waals surface area contributed by atoms with Crippen LogP contribution in [0.3, 0.4) is 0 Å². The zero-order valence-electron chi connectivity index (χ0n) is 9.79. The van der Waals surface area contributed by atoms with Gasteiger partial charge in [-0.05, 0) is 37.5 Å². The van der Waals surface area contributed by atoms with Gasteiger partial charge in [0, 0.05) is 24.1 Å². The first-order valence-electron chi connectivity index (χ1n) is 5.68. The third-order valence-electron chi connectivity index (χ3n) is 3.44. The number of carbonyl (C=O) groups is 1. The molecule has 1 atom stereocenters. The first kappa shape index (κ1) is 11.1. The van der Waals surface area contributed by atoms with Crippen LogP contribution in [0.1, 0.15) is 32.3 Å². The molecule has 1 aromatic rings. The average Bonchev–Trinajstić information content (AvgIpc) is 2.98. The van der Waals surface area contributed by atoms with E-state index in [1.807, 2.05) is 12.1 Å². The zero-order chi connectivity index (χ0) is 11.8. The minimum absolute atomic E-state index is 0.0407. The Morgan fingerprint density at radius 1 is 1.38 bits per heavy atom. The lowest BCUT2D eigenvalue weighted by molar-refractivity contribution is -0.114. The Morgan fingerprint density at radius 3 is 2.31 bits per heavy atom. The van der Waals surface area contributed by atoms with E-state index in [2.05, 4.69) is 24.4 Å². The van der Waals surface area contributed by atoms with Crippen LogP contribution in [0.4, 0.5) is 5.69 Å². The molecule has 1 aromatic carbocycles. The van der Waals surface area contributed by atoms with Crippen LogP contribution in [0.15, 0.2) is 24.3 Å². The van der Waals surface area contributed by atoms with Crippen LogP contribution in [0.2, 0.25) is 0 Å². The summed E-state index contributed by atoms with van der Waals surface area (Å²) >= 11 is 0. The average molecular weight is 218 g/mol. The number of hydrogen-bond acceptors (Lipinski definition) is 2. The van der Waals surface area contributed by atoms with Gasteiger partial charge in [0.15, 0.2) is 0 Å². The van der Waals surface area contributed by atoms with Gasteiger partial charge in [0.1, 0.15) is 0 Å². The summed E-state index contributed by atoms with van der Waals surface area (Å²) in [7, 11) is 0. The van der Waals surface area contributed by atoms with Gasteiger partial charge in [-0.15, -0.1) is 0 Å². The lowest BCUT2D eigenvalue weighted by atomic mass is 9.89. The summed E-state index contributed by atoms with van der Waals surface area (Å²) in [6, 6.07) is 8.22. The molecule has 86 valence electrons. The summed E-state index contributed by atoms with van der Waals surface area (Å²) in [5, 5.41) is 2.76. The van der Waals surface area contributed by atoms with E-state index in [0.29, 0.717) is 0 Å². The molecule has 1 saturated carbocycles. The zero-order valence-corrected chi connectivity index (χ0v) is 9.79. The Balaban J connectivity index is 2.17. The van der Waals surface area contributed by atoms with Crippen molar-refractivity contribution in [1.29, 1.82) is 0 Å². The normalized spacial score (nSPS) is 18.9. The Labute approximate surface area is 96.0 Å². The maximum Gasteiger partial charge on any atom is 0.221 e. The van der Waals surface area contributed by atoms with E-state index < -0.39 is 0 Å². The van der Waals surface area contributed by atoms with Crippen molar-refractivity contribution in [1.82, 2.24) is 0 Å². The van der Waals surface area contributed by atoms with Crippen molar-refractivity contribution in [2.45, 2.75) is 38.1 Å². The molecule has 1 aliphatic carbocycles. The van der Waals surface area contributed by atoms with Gasteiger partial charge in [0.2, 0.25) is 5.91 Å². The summed E-state index contributed by atoms with van der Waals surface area (Å²) in [6.07, 6.45) is 2.34. The highest BCUT2D eigenvalue weighted by Crippen LogP contribution is 2.50. The number of benzene rings is 1. The van der Waals surface area contributed by atoms with Gasteiger partial charge < -0.3 is 11.1 Å². The van der Waals surface area contributed by atoms with Crippen LogP contribution in [0.5, 0.6) is 0 Å². The van der Waals surface area contributed by atoms with Gasteiger partial charge in [0.05, 0.1) is 0 Å². The minimum Gasteiger partial charge on any atom is -0.327 e. The number of hydrogen-bond donors (Lipinski definition) is 2. The maximum absolute atomic E-state index is 10.9. The second-order valence-corrected chi connectivity index (χ2v) is 4.70. The first-order chi connectivity index (χ1) is 7.54. The topological polar surface area (TPSA) is 55.1 Å². The van der Waals surface area contributed by atoms with Gasteiger partial charge in [-0.3, -0.25) is 4.79 Å². The quantitative estimate of drug-likeness (QED) is 0.815. The van der Waals surface area contributed by atoms with Crippen molar-refractivity contribution in [3.63, 3.8) is 0 Å². The molecule has 0 bridgehead atoms. The Bertz CT molecular complexity index is 391. The lowest BCUT2D eigenvalue weighted by Gasteiger charge is -2.20. The highest BCUT2D eigenvalue weighted by Gasteiger charge is 2.47. The Kier molecular flexibility index (Phi) is 2.72. The van der Waals surface area contributed by atoms with E-state index in [4.69, 9.17) is 5.73 Å². The molecule has 0 heterocycles. The fourth-order valence-corrected chi connectivity index (χ4v) is 2.23. The van der Waals surface area contributed by atoms with Crippen LogP contribution < -0.4 is 11.1 Å². The van der Waals surface area contributed by atoms with Crippen LogP contribution >= 0.6 is 0 Å². The summed E-state index contributed by atoms with van der Waals surface area (Å²) in [6.45, 7) is 3.58. The molecular formula is C13H18N2O. The third kappa shape index (κ3) is 1.95.